The molecule has 1 aliphatic rings. The Hall–Kier alpha value is -2.64. The quantitative estimate of drug-likeness (QED) is 0.464. The molecule has 4 rings (SSSR count). The van der Waals surface area contributed by atoms with E-state index in [-0.39, 0.29) is 17.3 Å². The van der Waals surface area contributed by atoms with Crippen molar-refractivity contribution in [2.45, 2.75) is 37.3 Å². The van der Waals surface area contributed by atoms with Gasteiger partial charge in [-0.2, -0.15) is 4.98 Å². The first-order chi connectivity index (χ1) is 14.6. The Morgan fingerprint density at radius 2 is 2.07 bits per heavy atom. The maximum atomic E-state index is 12.8. The topological polar surface area (TPSA) is 76.9 Å². The van der Waals surface area contributed by atoms with Crippen molar-refractivity contribution in [2.24, 2.45) is 0 Å². The number of hydrogen-bond acceptors (Lipinski definition) is 5. The molecule has 8 heteroatoms. The van der Waals surface area contributed by atoms with Crippen LogP contribution in [0.25, 0.3) is 0 Å². The summed E-state index contributed by atoms with van der Waals surface area (Å²) in [6.45, 7) is 0.461. The molecule has 0 fully saturated rings. The van der Waals surface area contributed by atoms with Gasteiger partial charge in [0.15, 0.2) is 0 Å². The lowest BCUT2D eigenvalue weighted by molar-refractivity contribution is -0.113. The Labute approximate surface area is 183 Å². The fourth-order valence-corrected chi connectivity index (χ4v) is 4.67. The molecule has 0 unspecified atom stereocenters. The molecule has 0 spiro atoms. The van der Waals surface area contributed by atoms with Gasteiger partial charge in [-0.05, 0) is 55.5 Å². The molecule has 1 amide bonds. The molecule has 30 heavy (non-hydrogen) atoms. The number of hydrogen-bond donors (Lipinski definition) is 1. The Kier molecular flexibility index (Phi) is 6.50. The van der Waals surface area contributed by atoms with Gasteiger partial charge in [-0.3, -0.25) is 14.3 Å². The molecule has 0 saturated heterocycles. The fourth-order valence-electron chi connectivity index (χ4n) is 3.60. The van der Waals surface area contributed by atoms with Gasteiger partial charge in [0.2, 0.25) is 5.91 Å². The van der Waals surface area contributed by atoms with E-state index in [0.29, 0.717) is 22.3 Å². The monoisotopic (exact) mass is 440 g/mol. The van der Waals surface area contributed by atoms with E-state index < -0.39 is 0 Å². The lowest BCUT2D eigenvalue weighted by Gasteiger charge is -2.22. The standard InChI is InChI=1S/C22H21ClN4O2S/c23-16-6-3-7-17(11-16)25-20(28)14-30-21-18-8-1-2-9-19(18)27(22(29)26-21)13-15-5-4-10-24-12-15/h3-7,10-12H,1-2,8-9,13-14H2,(H,25,28). The number of aromatic nitrogens is 3. The predicted octanol–water partition coefficient (Wildman–Crippen LogP) is 3.95. The number of nitrogens with one attached hydrogen (secondary N) is 1. The lowest BCUT2D eigenvalue weighted by atomic mass is 9.97. The summed E-state index contributed by atoms with van der Waals surface area (Å²) in [5.41, 5.74) is 3.45. The number of carbonyl (C=O) groups excluding carboxylic acids is 1. The number of thioether (sulfide) groups is 1. The molecule has 154 valence electrons. The molecule has 1 aliphatic carbocycles. The number of nitrogens with zero attached hydrogens (tertiary/aromatic N) is 3. The van der Waals surface area contributed by atoms with Crippen LogP contribution in [0.4, 0.5) is 5.69 Å². The Morgan fingerprint density at radius 3 is 2.87 bits per heavy atom. The smallest absolute Gasteiger partial charge is 0.325 e. The third-order valence-corrected chi connectivity index (χ3v) is 6.22. The van der Waals surface area contributed by atoms with Crippen LogP contribution in [0.15, 0.2) is 58.6 Å². The van der Waals surface area contributed by atoms with Gasteiger partial charge in [-0.25, -0.2) is 4.79 Å². The van der Waals surface area contributed by atoms with Crippen LogP contribution >= 0.6 is 23.4 Å². The van der Waals surface area contributed by atoms with Gasteiger partial charge in [0.05, 0.1) is 12.3 Å². The van der Waals surface area contributed by atoms with Crippen molar-refractivity contribution in [3.8, 4) is 0 Å². The summed E-state index contributed by atoms with van der Waals surface area (Å²) in [5.74, 6) is 0.0195. The molecule has 1 aromatic carbocycles. The lowest BCUT2D eigenvalue weighted by Crippen LogP contribution is -2.30. The average molecular weight is 441 g/mol. The largest absolute Gasteiger partial charge is 0.349 e. The van der Waals surface area contributed by atoms with Crippen molar-refractivity contribution < 1.29 is 4.79 Å². The van der Waals surface area contributed by atoms with Crippen molar-refractivity contribution >= 4 is 35.0 Å². The van der Waals surface area contributed by atoms with Gasteiger partial charge in [0.1, 0.15) is 5.03 Å². The van der Waals surface area contributed by atoms with Gasteiger partial charge in [0.25, 0.3) is 0 Å². The van der Waals surface area contributed by atoms with Crippen molar-refractivity contribution in [2.75, 3.05) is 11.1 Å². The molecule has 0 aliphatic heterocycles. The van der Waals surface area contributed by atoms with Crippen molar-refractivity contribution in [1.29, 1.82) is 0 Å². The molecule has 6 nitrogen and oxygen atoms in total. The summed E-state index contributed by atoms with van der Waals surface area (Å²) in [4.78, 5) is 33.6. The van der Waals surface area contributed by atoms with E-state index in [1.54, 1.807) is 41.2 Å². The van der Waals surface area contributed by atoms with E-state index in [4.69, 9.17) is 11.6 Å². The van der Waals surface area contributed by atoms with Crippen molar-refractivity contribution in [1.82, 2.24) is 14.5 Å². The first kappa shape index (κ1) is 20.6. The van der Waals surface area contributed by atoms with E-state index in [9.17, 15) is 9.59 Å². The third-order valence-electron chi connectivity index (χ3n) is 4.96. The molecule has 1 N–H and O–H groups in total. The van der Waals surface area contributed by atoms with Crippen LogP contribution < -0.4 is 11.0 Å². The van der Waals surface area contributed by atoms with E-state index >= 15 is 0 Å². The highest BCUT2D eigenvalue weighted by Crippen LogP contribution is 2.29. The SMILES string of the molecule is O=C(CSc1nc(=O)n(Cc2cccnc2)c2c1CCCC2)Nc1cccc(Cl)c1. The number of rotatable bonds is 6. The minimum absolute atomic E-state index is 0.159. The number of fused-ring (bicyclic) bond motifs is 1. The zero-order valence-electron chi connectivity index (χ0n) is 16.3. The van der Waals surface area contributed by atoms with Crippen LogP contribution in [0.1, 0.15) is 29.7 Å². The van der Waals surface area contributed by atoms with E-state index in [0.717, 1.165) is 42.5 Å². The van der Waals surface area contributed by atoms with Crippen LogP contribution in [0.3, 0.4) is 0 Å². The summed E-state index contributed by atoms with van der Waals surface area (Å²) < 4.78 is 1.75. The first-order valence-corrected chi connectivity index (χ1v) is 11.2. The molecule has 0 radical (unpaired) electrons. The maximum Gasteiger partial charge on any atom is 0.349 e. The number of benzene rings is 1. The molecule has 3 aromatic rings. The van der Waals surface area contributed by atoms with Crippen LogP contribution in [0, 0.1) is 0 Å². The van der Waals surface area contributed by atoms with Gasteiger partial charge < -0.3 is 5.32 Å². The molecular weight excluding hydrogens is 420 g/mol. The van der Waals surface area contributed by atoms with Crippen molar-refractivity contribution in [3.63, 3.8) is 0 Å². The predicted molar refractivity (Wildman–Crippen MR) is 119 cm³/mol. The van der Waals surface area contributed by atoms with Gasteiger partial charge in [-0.1, -0.05) is 35.5 Å². The second-order valence-electron chi connectivity index (χ2n) is 7.13. The molecular formula is C22H21ClN4O2S. The number of halogens is 1. The fraction of sp³-hybridized carbons (Fsp3) is 0.273. The molecule has 0 saturated carbocycles. The summed E-state index contributed by atoms with van der Waals surface area (Å²) >= 11 is 7.28. The van der Waals surface area contributed by atoms with E-state index in [1.165, 1.54) is 11.8 Å². The molecule has 0 atom stereocenters. The highest BCUT2D eigenvalue weighted by Gasteiger charge is 2.21. The first-order valence-electron chi connectivity index (χ1n) is 9.80. The molecule has 2 heterocycles. The van der Waals surface area contributed by atoms with Crippen LogP contribution in [0.5, 0.6) is 0 Å². The zero-order chi connectivity index (χ0) is 20.9. The van der Waals surface area contributed by atoms with E-state index in [1.807, 2.05) is 12.1 Å². The zero-order valence-corrected chi connectivity index (χ0v) is 17.9. The molecule has 0 bridgehead atoms. The highest BCUT2D eigenvalue weighted by atomic mass is 35.5. The van der Waals surface area contributed by atoms with Gasteiger partial charge >= 0.3 is 5.69 Å². The Bertz CT molecular complexity index is 1120. The number of amides is 1. The third kappa shape index (κ3) is 4.91. The van der Waals surface area contributed by atoms with Crippen LogP contribution in [-0.2, 0) is 24.2 Å². The second kappa shape index (κ2) is 9.45. The summed E-state index contributed by atoms with van der Waals surface area (Å²) in [6.07, 6.45) is 7.30. The second-order valence-corrected chi connectivity index (χ2v) is 8.53. The minimum Gasteiger partial charge on any atom is -0.325 e. The highest BCUT2D eigenvalue weighted by molar-refractivity contribution is 8.00. The van der Waals surface area contributed by atoms with Crippen molar-refractivity contribution in [3.05, 3.63) is 81.1 Å². The number of pyridine rings is 1. The van der Waals surface area contributed by atoms with E-state index in [2.05, 4.69) is 15.3 Å². The Morgan fingerprint density at radius 1 is 1.20 bits per heavy atom. The summed E-state index contributed by atoms with van der Waals surface area (Å²) in [6, 6.07) is 10.8. The average Bonchev–Trinajstić information content (AvgIpc) is 2.75. The summed E-state index contributed by atoms with van der Waals surface area (Å²) in [5, 5.41) is 4.06. The number of carbonyl (C=O) groups is 1. The van der Waals surface area contributed by atoms with Gasteiger partial charge in [0, 0.05) is 34.4 Å². The summed E-state index contributed by atoms with van der Waals surface area (Å²) in [7, 11) is 0. The molecule has 2 aromatic heterocycles. The minimum atomic E-state index is -0.280. The maximum absolute atomic E-state index is 12.8. The Balaban J connectivity index is 1.53. The number of anilines is 1. The van der Waals surface area contributed by atoms with Crippen LogP contribution in [0.2, 0.25) is 5.02 Å². The van der Waals surface area contributed by atoms with Crippen LogP contribution in [-0.4, -0.2) is 26.2 Å². The van der Waals surface area contributed by atoms with Gasteiger partial charge in [-0.15, -0.1) is 0 Å². The normalized spacial score (nSPS) is 13.0.